The molecule has 0 aromatic rings. The van der Waals surface area contributed by atoms with E-state index in [9.17, 15) is 4.79 Å². The zero-order valence-electron chi connectivity index (χ0n) is 8.31. The molecule has 0 amide bonds. The zero-order chi connectivity index (χ0) is 9.40. The van der Waals surface area contributed by atoms with Crippen molar-refractivity contribution in [3.05, 3.63) is 12.2 Å². The highest BCUT2D eigenvalue weighted by molar-refractivity contribution is 5.48. The van der Waals surface area contributed by atoms with Crippen LogP contribution in [0.4, 0.5) is 0 Å². The number of hydrogen-bond acceptors (Lipinski definition) is 1. The summed E-state index contributed by atoms with van der Waals surface area (Å²) in [4.78, 5) is 10.00. The molecule has 12 heavy (non-hydrogen) atoms. The number of hydrogen-bond donors (Lipinski definition) is 0. The molecule has 0 aliphatic carbocycles. The molecule has 0 aromatic heterocycles. The molecular weight excluding hydrogens is 148 g/mol. The molecule has 0 bridgehead atoms. The number of carbonyl (C=O) groups excluding carboxylic acids is 1. The van der Waals surface area contributed by atoms with Gasteiger partial charge in [0.15, 0.2) is 0 Å². The van der Waals surface area contributed by atoms with E-state index >= 15 is 0 Å². The smallest absolute Gasteiger partial charge is 0.119 e. The largest absolute Gasteiger partial charge is 0.303 e. The molecule has 1 atom stereocenters. The number of unbranched alkanes of at least 4 members (excludes halogenated alkanes) is 3. The van der Waals surface area contributed by atoms with Crippen LogP contribution in [0.1, 0.15) is 46.0 Å². The van der Waals surface area contributed by atoms with Crippen LogP contribution in [0.5, 0.6) is 0 Å². The van der Waals surface area contributed by atoms with Gasteiger partial charge in [0.2, 0.25) is 0 Å². The van der Waals surface area contributed by atoms with Crippen molar-refractivity contribution < 1.29 is 4.79 Å². The Labute approximate surface area is 75.9 Å². The summed E-state index contributed by atoms with van der Waals surface area (Å²) in [6.45, 7) is 8.20. The van der Waals surface area contributed by atoms with Gasteiger partial charge in [-0.25, -0.2) is 0 Å². The topological polar surface area (TPSA) is 17.1 Å². The Kier molecular flexibility index (Phi) is 6.73. The third kappa shape index (κ3) is 6.14. The Balaban J connectivity index is 3.19. The molecule has 0 heterocycles. The second-order valence-corrected chi connectivity index (χ2v) is 3.55. The second-order valence-electron chi connectivity index (χ2n) is 3.55. The van der Waals surface area contributed by atoms with Gasteiger partial charge in [-0.05, 0) is 25.7 Å². The lowest BCUT2D eigenvalue weighted by molar-refractivity contribution is -0.107. The van der Waals surface area contributed by atoms with E-state index in [0.29, 0.717) is 5.92 Å². The third-order valence-corrected chi connectivity index (χ3v) is 2.30. The molecule has 0 aliphatic heterocycles. The molecule has 0 spiro atoms. The molecule has 0 N–H and O–H groups in total. The number of carbonyl (C=O) groups is 1. The predicted molar refractivity (Wildman–Crippen MR) is 53.1 cm³/mol. The summed E-state index contributed by atoms with van der Waals surface area (Å²) >= 11 is 0. The van der Waals surface area contributed by atoms with Crippen LogP contribution in [0.25, 0.3) is 0 Å². The normalized spacial score (nSPS) is 12.5. The molecule has 70 valence electrons. The van der Waals surface area contributed by atoms with Crippen LogP contribution in [-0.4, -0.2) is 6.29 Å². The lowest BCUT2D eigenvalue weighted by Gasteiger charge is -2.09. The van der Waals surface area contributed by atoms with Gasteiger partial charge in [0.25, 0.3) is 0 Å². The summed E-state index contributed by atoms with van der Waals surface area (Å²) in [5.74, 6) is 0.640. The van der Waals surface area contributed by atoms with Crippen molar-refractivity contribution in [2.75, 3.05) is 0 Å². The Hall–Kier alpha value is -0.590. The lowest BCUT2D eigenvalue weighted by Crippen LogP contribution is -1.94. The maximum atomic E-state index is 10.00. The summed E-state index contributed by atoms with van der Waals surface area (Å²) < 4.78 is 0. The summed E-state index contributed by atoms with van der Waals surface area (Å²) in [6, 6.07) is 0. The van der Waals surface area contributed by atoms with Crippen LogP contribution in [-0.2, 0) is 4.79 Å². The van der Waals surface area contributed by atoms with Gasteiger partial charge in [0.1, 0.15) is 6.29 Å². The van der Waals surface area contributed by atoms with Crippen molar-refractivity contribution in [3.8, 4) is 0 Å². The van der Waals surface area contributed by atoms with E-state index in [1.807, 2.05) is 0 Å². The molecule has 1 nitrogen and oxygen atoms in total. The Morgan fingerprint density at radius 3 is 2.58 bits per heavy atom. The molecule has 0 fully saturated rings. The summed E-state index contributed by atoms with van der Waals surface area (Å²) in [7, 11) is 0. The van der Waals surface area contributed by atoms with Crippen molar-refractivity contribution in [1.82, 2.24) is 0 Å². The molecule has 0 rings (SSSR count). The average molecular weight is 168 g/mol. The minimum absolute atomic E-state index is 0.640. The highest BCUT2D eigenvalue weighted by atomic mass is 16.1. The van der Waals surface area contributed by atoms with Gasteiger partial charge in [0.05, 0.1) is 0 Å². The van der Waals surface area contributed by atoms with Crippen molar-refractivity contribution in [3.63, 3.8) is 0 Å². The van der Waals surface area contributed by atoms with Crippen LogP contribution in [0.3, 0.4) is 0 Å². The minimum Gasteiger partial charge on any atom is -0.303 e. The van der Waals surface area contributed by atoms with Crippen LogP contribution >= 0.6 is 0 Å². The molecule has 0 saturated carbocycles. The van der Waals surface area contributed by atoms with Gasteiger partial charge < -0.3 is 4.79 Å². The van der Waals surface area contributed by atoms with Crippen molar-refractivity contribution in [2.24, 2.45) is 5.92 Å². The van der Waals surface area contributed by atoms with Gasteiger partial charge in [-0.15, -0.1) is 0 Å². The fourth-order valence-electron chi connectivity index (χ4n) is 1.10. The SMILES string of the molecule is C=C(C)C(C)CCCCCC=O. The molecule has 0 radical (unpaired) electrons. The van der Waals surface area contributed by atoms with Gasteiger partial charge in [0, 0.05) is 6.42 Å². The Bertz CT molecular complexity index is 138. The number of rotatable bonds is 7. The second kappa shape index (κ2) is 7.08. The fraction of sp³-hybridized carbons (Fsp3) is 0.727. The zero-order valence-corrected chi connectivity index (χ0v) is 8.31. The predicted octanol–water partition coefficient (Wildman–Crippen LogP) is 3.35. The summed E-state index contributed by atoms with van der Waals surface area (Å²) in [5.41, 5.74) is 1.27. The molecule has 1 unspecified atom stereocenters. The van der Waals surface area contributed by atoms with Gasteiger partial charge in [-0.2, -0.15) is 0 Å². The third-order valence-electron chi connectivity index (χ3n) is 2.30. The molecule has 0 aromatic carbocycles. The summed E-state index contributed by atoms with van der Waals surface area (Å²) in [6.07, 6.45) is 6.39. The van der Waals surface area contributed by atoms with Crippen molar-refractivity contribution >= 4 is 6.29 Å². The molecule has 0 saturated heterocycles. The van der Waals surface area contributed by atoms with E-state index in [2.05, 4.69) is 20.4 Å². The van der Waals surface area contributed by atoms with E-state index < -0.39 is 0 Å². The van der Waals surface area contributed by atoms with Crippen LogP contribution < -0.4 is 0 Å². The van der Waals surface area contributed by atoms with Crippen LogP contribution in [0.15, 0.2) is 12.2 Å². The molecule has 1 heteroatoms. The van der Waals surface area contributed by atoms with E-state index in [0.717, 1.165) is 19.1 Å². The standard InChI is InChI=1S/C11H20O/c1-10(2)11(3)8-6-4-5-7-9-12/h9,11H,1,4-8H2,2-3H3. The first kappa shape index (κ1) is 11.4. The number of aldehydes is 1. The maximum absolute atomic E-state index is 10.00. The fourth-order valence-corrected chi connectivity index (χ4v) is 1.10. The number of allylic oxidation sites excluding steroid dienone is 1. The van der Waals surface area contributed by atoms with E-state index in [4.69, 9.17) is 0 Å². The quantitative estimate of drug-likeness (QED) is 0.324. The first-order valence-corrected chi connectivity index (χ1v) is 4.77. The van der Waals surface area contributed by atoms with E-state index in [1.54, 1.807) is 0 Å². The first-order chi connectivity index (χ1) is 5.68. The summed E-state index contributed by atoms with van der Waals surface area (Å²) in [5, 5.41) is 0. The lowest BCUT2D eigenvalue weighted by atomic mass is 9.97. The van der Waals surface area contributed by atoms with Crippen molar-refractivity contribution in [1.29, 1.82) is 0 Å². The van der Waals surface area contributed by atoms with Crippen LogP contribution in [0.2, 0.25) is 0 Å². The van der Waals surface area contributed by atoms with E-state index in [-0.39, 0.29) is 0 Å². The average Bonchev–Trinajstić information content (AvgIpc) is 2.03. The highest BCUT2D eigenvalue weighted by Crippen LogP contribution is 2.15. The monoisotopic (exact) mass is 168 g/mol. The maximum Gasteiger partial charge on any atom is 0.119 e. The van der Waals surface area contributed by atoms with E-state index in [1.165, 1.54) is 24.8 Å². The van der Waals surface area contributed by atoms with Gasteiger partial charge in [-0.1, -0.05) is 31.9 Å². The molecular formula is C11H20O. The van der Waals surface area contributed by atoms with Crippen molar-refractivity contribution in [2.45, 2.75) is 46.0 Å². The van der Waals surface area contributed by atoms with Gasteiger partial charge in [-0.3, -0.25) is 0 Å². The van der Waals surface area contributed by atoms with Crippen LogP contribution in [0, 0.1) is 5.92 Å². The Morgan fingerprint density at radius 2 is 2.08 bits per heavy atom. The first-order valence-electron chi connectivity index (χ1n) is 4.77. The minimum atomic E-state index is 0.640. The Morgan fingerprint density at radius 1 is 1.42 bits per heavy atom. The molecule has 0 aliphatic rings. The highest BCUT2D eigenvalue weighted by Gasteiger charge is 2.00. The van der Waals surface area contributed by atoms with Gasteiger partial charge >= 0.3 is 0 Å².